The molecule has 1 aliphatic heterocycles. The first kappa shape index (κ1) is 23.1. The Morgan fingerprint density at radius 1 is 1.17 bits per heavy atom. The van der Waals surface area contributed by atoms with Gasteiger partial charge in [0, 0.05) is 20.0 Å². The Morgan fingerprint density at radius 2 is 1.87 bits per heavy atom. The Hall–Kier alpha value is -3.15. The molecule has 0 radical (unpaired) electrons. The Balaban J connectivity index is 0.00000320. The van der Waals surface area contributed by atoms with Gasteiger partial charge in [-0.25, -0.2) is 0 Å². The number of nitrogens with one attached hydrogen (secondary N) is 2. The first-order valence-electron chi connectivity index (χ1n) is 8.83. The van der Waals surface area contributed by atoms with Crippen molar-refractivity contribution in [3.05, 3.63) is 59.7 Å². The van der Waals surface area contributed by atoms with Gasteiger partial charge in [0.15, 0.2) is 6.61 Å². The van der Waals surface area contributed by atoms with Gasteiger partial charge < -0.3 is 21.1 Å². The first-order chi connectivity index (χ1) is 13.8. The highest BCUT2D eigenvalue weighted by Gasteiger charge is 2.34. The van der Waals surface area contributed by atoms with Crippen LogP contribution in [0.4, 0.5) is 5.69 Å². The van der Waals surface area contributed by atoms with Gasteiger partial charge in [-0.15, -0.1) is 0 Å². The maximum absolute atomic E-state index is 12.8. The third kappa shape index (κ3) is 5.69. The van der Waals surface area contributed by atoms with Crippen LogP contribution >= 0.6 is 0 Å². The Kier molecular flexibility index (Phi) is 7.38. The molecule has 2 amide bonds. The van der Waals surface area contributed by atoms with Gasteiger partial charge in [-0.05, 0) is 35.4 Å². The molecule has 162 valence electrons. The molecule has 1 atom stereocenters. The van der Waals surface area contributed by atoms with Crippen LogP contribution < -0.4 is 20.9 Å². The SMILES string of the molecule is CNC(=O)[C@@H]1Cc2ccc(NS(=O)(=O)O)cc2CN1C(=O)COc1ccccc1.N. The molecule has 0 spiro atoms. The number of carbonyl (C=O) groups is 2. The molecule has 2 aromatic carbocycles. The molecule has 0 unspecified atom stereocenters. The Morgan fingerprint density at radius 3 is 2.50 bits per heavy atom. The average molecular weight is 436 g/mol. The second-order valence-electron chi connectivity index (χ2n) is 6.52. The molecule has 1 heterocycles. The van der Waals surface area contributed by atoms with Crippen molar-refractivity contribution in [3.63, 3.8) is 0 Å². The highest BCUT2D eigenvalue weighted by molar-refractivity contribution is 7.87. The van der Waals surface area contributed by atoms with Gasteiger partial charge in [0.1, 0.15) is 11.8 Å². The lowest BCUT2D eigenvalue weighted by molar-refractivity contribution is -0.143. The van der Waals surface area contributed by atoms with Crippen molar-refractivity contribution in [2.75, 3.05) is 18.4 Å². The largest absolute Gasteiger partial charge is 0.484 e. The number of hydrogen-bond acceptors (Lipinski definition) is 6. The van der Waals surface area contributed by atoms with Gasteiger partial charge in [0.2, 0.25) is 5.91 Å². The number of carbonyl (C=O) groups excluding carboxylic acids is 2. The van der Waals surface area contributed by atoms with Gasteiger partial charge in [0.25, 0.3) is 5.91 Å². The zero-order valence-corrected chi connectivity index (χ0v) is 17.2. The minimum absolute atomic E-state index is 0. The number of benzene rings is 2. The number of nitrogens with zero attached hydrogens (tertiary/aromatic N) is 1. The number of fused-ring (bicyclic) bond motifs is 1. The molecule has 0 fully saturated rings. The molecule has 2 aromatic rings. The van der Waals surface area contributed by atoms with E-state index in [2.05, 4.69) is 5.32 Å². The van der Waals surface area contributed by atoms with Crippen LogP contribution in [-0.4, -0.2) is 49.4 Å². The lowest BCUT2D eigenvalue weighted by Gasteiger charge is -2.36. The average Bonchev–Trinajstić information content (AvgIpc) is 2.70. The van der Waals surface area contributed by atoms with E-state index in [1.54, 1.807) is 30.3 Å². The molecule has 3 rings (SSSR count). The van der Waals surface area contributed by atoms with Gasteiger partial charge >= 0.3 is 10.3 Å². The summed E-state index contributed by atoms with van der Waals surface area (Å²) < 4.78 is 38.6. The molecule has 0 saturated heterocycles. The molecule has 1 aliphatic rings. The van der Waals surface area contributed by atoms with E-state index in [0.717, 1.165) is 5.56 Å². The maximum atomic E-state index is 12.8. The van der Waals surface area contributed by atoms with Gasteiger partial charge in [-0.1, -0.05) is 24.3 Å². The molecular formula is C19H24N4O6S. The highest BCUT2D eigenvalue weighted by atomic mass is 32.2. The normalized spacial score (nSPS) is 15.4. The van der Waals surface area contributed by atoms with E-state index in [0.29, 0.717) is 11.3 Å². The van der Waals surface area contributed by atoms with E-state index in [4.69, 9.17) is 9.29 Å². The van der Waals surface area contributed by atoms with Crippen LogP contribution in [0, 0.1) is 0 Å². The number of rotatable bonds is 6. The Bertz CT molecular complexity index is 1010. The van der Waals surface area contributed by atoms with Gasteiger partial charge in [-0.3, -0.25) is 18.9 Å². The zero-order chi connectivity index (χ0) is 21.0. The summed E-state index contributed by atoms with van der Waals surface area (Å²) in [7, 11) is -2.92. The number of ether oxygens (including phenoxy) is 1. The molecule has 30 heavy (non-hydrogen) atoms. The monoisotopic (exact) mass is 436 g/mol. The van der Waals surface area contributed by atoms with Crippen LogP contribution in [0.2, 0.25) is 0 Å². The van der Waals surface area contributed by atoms with Crippen LogP contribution in [0.25, 0.3) is 0 Å². The summed E-state index contributed by atoms with van der Waals surface area (Å²) in [6.07, 6.45) is 0.276. The minimum Gasteiger partial charge on any atom is -0.484 e. The topological polar surface area (TPSA) is 160 Å². The summed E-state index contributed by atoms with van der Waals surface area (Å²) in [5.41, 5.74) is 1.65. The molecule has 0 aromatic heterocycles. The summed E-state index contributed by atoms with van der Waals surface area (Å²) in [6, 6.07) is 12.8. The van der Waals surface area contributed by atoms with Crippen LogP contribution in [0.15, 0.2) is 48.5 Å². The quantitative estimate of drug-likeness (QED) is 0.494. The molecular weight excluding hydrogens is 412 g/mol. The van der Waals surface area contributed by atoms with Crippen molar-refractivity contribution in [3.8, 4) is 5.75 Å². The first-order valence-corrected chi connectivity index (χ1v) is 10.3. The van der Waals surface area contributed by atoms with Crippen molar-refractivity contribution < 1.29 is 27.3 Å². The fourth-order valence-corrected chi connectivity index (χ4v) is 3.63. The molecule has 11 heteroatoms. The summed E-state index contributed by atoms with van der Waals surface area (Å²) in [5.74, 6) is -0.139. The summed E-state index contributed by atoms with van der Waals surface area (Å²) in [4.78, 5) is 26.5. The minimum atomic E-state index is -4.42. The number of anilines is 1. The molecule has 0 bridgehead atoms. The summed E-state index contributed by atoms with van der Waals surface area (Å²) in [5, 5.41) is 2.57. The standard InChI is InChI=1S/C19H21N3O6S.H3N/c1-20-19(24)17-10-13-7-8-15(21-29(25,26)27)9-14(13)11-22(17)18(23)12-28-16-5-3-2-4-6-16;/h2-9,17,21H,10-12H2,1H3,(H,20,24)(H,25,26,27);1H3/t17-;/m0./s1. The van der Waals surface area contributed by atoms with Crippen LogP contribution in [0.1, 0.15) is 11.1 Å². The van der Waals surface area contributed by atoms with E-state index < -0.39 is 16.3 Å². The fraction of sp³-hybridized carbons (Fsp3) is 0.263. The van der Waals surface area contributed by atoms with Gasteiger partial charge in [-0.2, -0.15) is 8.42 Å². The van der Waals surface area contributed by atoms with Crippen molar-refractivity contribution in [2.45, 2.75) is 19.0 Å². The van der Waals surface area contributed by atoms with Crippen molar-refractivity contribution >= 4 is 27.8 Å². The van der Waals surface area contributed by atoms with Crippen molar-refractivity contribution in [2.24, 2.45) is 0 Å². The highest BCUT2D eigenvalue weighted by Crippen LogP contribution is 2.27. The van der Waals surface area contributed by atoms with Crippen LogP contribution in [0.3, 0.4) is 0 Å². The fourth-order valence-electron chi connectivity index (χ4n) is 3.20. The molecule has 0 saturated carbocycles. The van der Waals surface area contributed by atoms with Gasteiger partial charge in [0.05, 0.1) is 5.69 Å². The van der Waals surface area contributed by atoms with E-state index in [9.17, 15) is 18.0 Å². The van der Waals surface area contributed by atoms with Crippen LogP contribution in [0.5, 0.6) is 5.75 Å². The number of para-hydroxylation sites is 1. The van der Waals surface area contributed by atoms with Crippen molar-refractivity contribution in [1.29, 1.82) is 0 Å². The number of hydrogen-bond donors (Lipinski definition) is 4. The second-order valence-corrected chi connectivity index (χ2v) is 7.67. The zero-order valence-electron chi connectivity index (χ0n) is 16.4. The molecule has 0 aliphatic carbocycles. The second kappa shape index (κ2) is 9.57. The third-order valence-electron chi connectivity index (χ3n) is 4.56. The molecule has 10 nitrogen and oxygen atoms in total. The lowest BCUT2D eigenvalue weighted by atomic mass is 9.93. The molecule has 6 N–H and O–H groups in total. The summed E-state index contributed by atoms with van der Waals surface area (Å²) in [6.45, 7) is -0.138. The Labute approximate surface area is 174 Å². The third-order valence-corrected chi connectivity index (χ3v) is 5.05. The summed E-state index contributed by atoms with van der Waals surface area (Å²) >= 11 is 0. The van der Waals surface area contributed by atoms with E-state index in [-0.39, 0.29) is 43.2 Å². The van der Waals surface area contributed by atoms with Crippen LogP contribution in [-0.2, 0) is 32.9 Å². The number of amides is 2. The van der Waals surface area contributed by atoms with E-state index in [1.807, 2.05) is 10.8 Å². The lowest BCUT2D eigenvalue weighted by Crippen LogP contribution is -2.53. The maximum Gasteiger partial charge on any atom is 0.357 e. The van der Waals surface area contributed by atoms with Crippen molar-refractivity contribution in [1.82, 2.24) is 16.4 Å². The smallest absolute Gasteiger partial charge is 0.357 e. The van der Waals surface area contributed by atoms with E-state index in [1.165, 1.54) is 24.1 Å². The predicted molar refractivity (Wildman–Crippen MR) is 111 cm³/mol. The predicted octanol–water partition coefficient (Wildman–Crippen LogP) is 1.14. The van der Waals surface area contributed by atoms with E-state index >= 15 is 0 Å². The number of likely N-dealkylation sites (N-methyl/N-ethyl adjacent to an activating group) is 1.